The Morgan fingerprint density at radius 3 is 2.03 bits per heavy atom. The summed E-state index contributed by atoms with van der Waals surface area (Å²) in [6.07, 6.45) is 0.447. The van der Waals surface area contributed by atoms with E-state index in [2.05, 4.69) is 34.9 Å². The zero-order valence-corrected chi connectivity index (χ0v) is 20.9. The number of carboxylic acid groups (broad SMARTS) is 1. The first-order valence-electron chi connectivity index (χ1n) is 12.3. The van der Waals surface area contributed by atoms with Crippen molar-refractivity contribution in [1.82, 2.24) is 10.6 Å². The van der Waals surface area contributed by atoms with Crippen LogP contribution in [0.5, 0.6) is 0 Å². The fourth-order valence-electron chi connectivity index (χ4n) is 4.51. The van der Waals surface area contributed by atoms with Crippen molar-refractivity contribution in [2.45, 2.75) is 65.0 Å². The van der Waals surface area contributed by atoms with E-state index >= 15 is 0 Å². The number of fused-ring (bicyclic) bond motifs is 3. The fourth-order valence-corrected chi connectivity index (χ4v) is 4.51. The van der Waals surface area contributed by atoms with Crippen molar-refractivity contribution in [3.8, 4) is 11.1 Å². The Bertz CT molecular complexity index is 1010. The Labute approximate surface area is 207 Å². The SMILES string of the molecule is CCC(C)CC(NC(=O)OCC1c2ccccc2-c2ccccc21)C(=O)N[C@@H](CC(=O)O)C(C)C. The summed E-state index contributed by atoms with van der Waals surface area (Å²) in [4.78, 5) is 37.1. The minimum Gasteiger partial charge on any atom is -0.481 e. The van der Waals surface area contributed by atoms with Crippen LogP contribution in [0.4, 0.5) is 4.79 Å². The van der Waals surface area contributed by atoms with Crippen LogP contribution in [0.1, 0.15) is 64.0 Å². The van der Waals surface area contributed by atoms with Crippen LogP contribution in [0.2, 0.25) is 0 Å². The summed E-state index contributed by atoms with van der Waals surface area (Å²) in [6.45, 7) is 7.91. The van der Waals surface area contributed by atoms with Crippen LogP contribution in [-0.4, -0.2) is 41.8 Å². The first-order valence-corrected chi connectivity index (χ1v) is 12.3. The Morgan fingerprint density at radius 1 is 0.943 bits per heavy atom. The molecule has 2 unspecified atom stereocenters. The second-order valence-electron chi connectivity index (χ2n) is 9.73. The lowest BCUT2D eigenvalue weighted by Gasteiger charge is -2.26. The molecule has 0 spiro atoms. The first-order chi connectivity index (χ1) is 16.7. The molecule has 188 valence electrons. The number of ether oxygens (including phenoxy) is 1. The molecule has 35 heavy (non-hydrogen) atoms. The van der Waals surface area contributed by atoms with E-state index in [1.807, 2.05) is 52.0 Å². The van der Waals surface area contributed by atoms with Crippen LogP contribution >= 0.6 is 0 Å². The Morgan fingerprint density at radius 2 is 1.51 bits per heavy atom. The van der Waals surface area contributed by atoms with Crippen LogP contribution in [0.15, 0.2) is 48.5 Å². The third-order valence-electron chi connectivity index (χ3n) is 6.81. The van der Waals surface area contributed by atoms with Crippen LogP contribution in [0, 0.1) is 11.8 Å². The van der Waals surface area contributed by atoms with Crippen LogP contribution < -0.4 is 10.6 Å². The van der Waals surface area contributed by atoms with Gasteiger partial charge in [0.15, 0.2) is 0 Å². The van der Waals surface area contributed by atoms with E-state index < -0.39 is 30.1 Å². The number of amides is 2. The number of benzene rings is 2. The Hall–Kier alpha value is -3.35. The predicted molar refractivity (Wildman–Crippen MR) is 135 cm³/mol. The Balaban J connectivity index is 1.68. The molecule has 7 nitrogen and oxygen atoms in total. The maximum atomic E-state index is 13.0. The highest BCUT2D eigenvalue weighted by atomic mass is 16.5. The quantitative estimate of drug-likeness (QED) is 0.422. The summed E-state index contributed by atoms with van der Waals surface area (Å²) in [5.74, 6) is -1.31. The summed E-state index contributed by atoms with van der Waals surface area (Å²) in [6, 6.07) is 14.9. The third kappa shape index (κ3) is 6.62. The van der Waals surface area contributed by atoms with E-state index in [1.165, 1.54) is 0 Å². The van der Waals surface area contributed by atoms with E-state index in [0.29, 0.717) is 6.42 Å². The Kier molecular flexibility index (Phi) is 8.90. The van der Waals surface area contributed by atoms with Gasteiger partial charge in [-0.3, -0.25) is 9.59 Å². The molecule has 2 amide bonds. The van der Waals surface area contributed by atoms with Crippen molar-refractivity contribution in [3.05, 3.63) is 59.7 Å². The van der Waals surface area contributed by atoms with Gasteiger partial charge in [-0.25, -0.2) is 4.79 Å². The van der Waals surface area contributed by atoms with Gasteiger partial charge < -0.3 is 20.5 Å². The van der Waals surface area contributed by atoms with Crippen molar-refractivity contribution < 1.29 is 24.2 Å². The van der Waals surface area contributed by atoms with Gasteiger partial charge >= 0.3 is 12.1 Å². The molecule has 0 fully saturated rings. The average molecular weight is 481 g/mol. The van der Waals surface area contributed by atoms with Gasteiger partial charge in [-0.05, 0) is 40.5 Å². The summed E-state index contributed by atoms with van der Waals surface area (Å²) in [5, 5.41) is 14.7. The number of carboxylic acids is 1. The smallest absolute Gasteiger partial charge is 0.407 e. The second-order valence-corrected chi connectivity index (χ2v) is 9.73. The molecule has 0 aromatic heterocycles. The molecule has 1 aliphatic carbocycles. The molecule has 3 rings (SSSR count). The van der Waals surface area contributed by atoms with Crippen LogP contribution in [0.3, 0.4) is 0 Å². The van der Waals surface area contributed by atoms with Gasteiger partial charge in [0.25, 0.3) is 0 Å². The number of aliphatic carboxylic acids is 1. The minimum absolute atomic E-state index is 0.0613. The highest BCUT2D eigenvalue weighted by molar-refractivity contribution is 5.86. The molecule has 0 saturated heterocycles. The molecule has 2 aromatic carbocycles. The topological polar surface area (TPSA) is 105 Å². The number of carbonyl (C=O) groups excluding carboxylic acids is 2. The van der Waals surface area contributed by atoms with E-state index in [0.717, 1.165) is 28.7 Å². The van der Waals surface area contributed by atoms with Gasteiger partial charge in [0, 0.05) is 12.0 Å². The molecule has 1 aliphatic rings. The minimum atomic E-state index is -0.980. The first kappa shape index (κ1) is 26.3. The monoisotopic (exact) mass is 480 g/mol. The van der Waals surface area contributed by atoms with Gasteiger partial charge in [0.2, 0.25) is 5.91 Å². The van der Waals surface area contributed by atoms with Gasteiger partial charge in [0.05, 0.1) is 6.42 Å². The molecule has 0 bridgehead atoms. The second kappa shape index (κ2) is 11.9. The van der Waals surface area contributed by atoms with Crippen molar-refractivity contribution in [2.75, 3.05) is 6.61 Å². The van der Waals surface area contributed by atoms with Crippen molar-refractivity contribution in [1.29, 1.82) is 0 Å². The lowest BCUT2D eigenvalue weighted by molar-refractivity contribution is -0.138. The third-order valence-corrected chi connectivity index (χ3v) is 6.81. The molecular weight excluding hydrogens is 444 g/mol. The number of alkyl carbamates (subject to hydrolysis) is 1. The standard InChI is InChI=1S/C28H36N2O5/c1-5-18(4)14-25(27(33)29-24(17(2)3)15-26(31)32)30-28(34)35-16-23-21-12-8-6-10-19(21)20-11-7-9-13-22(20)23/h6-13,17-18,23-25H,5,14-16H2,1-4H3,(H,29,33)(H,30,34)(H,31,32)/t18?,24-,25?/m0/s1. The normalized spacial score (nSPS) is 15.0. The van der Waals surface area contributed by atoms with E-state index in [9.17, 15) is 19.5 Å². The van der Waals surface area contributed by atoms with Gasteiger partial charge in [0.1, 0.15) is 12.6 Å². The van der Waals surface area contributed by atoms with E-state index in [1.54, 1.807) is 0 Å². The molecular formula is C28H36N2O5. The van der Waals surface area contributed by atoms with E-state index in [-0.39, 0.29) is 30.8 Å². The summed E-state index contributed by atoms with van der Waals surface area (Å²) >= 11 is 0. The molecule has 3 N–H and O–H groups in total. The number of hydrogen-bond acceptors (Lipinski definition) is 4. The lowest BCUT2D eigenvalue weighted by Crippen LogP contribution is -2.52. The number of rotatable bonds is 11. The molecule has 2 aromatic rings. The van der Waals surface area contributed by atoms with Gasteiger partial charge in [-0.2, -0.15) is 0 Å². The number of carbonyl (C=O) groups is 3. The van der Waals surface area contributed by atoms with Crippen molar-refractivity contribution in [3.63, 3.8) is 0 Å². The molecule has 0 saturated carbocycles. The summed E-state index contributed by atoms with van der Waals surface area (Å²) in [5.41, 5.74) is 4.52. The molecule has 7 heteroatoms. The fraction of sp³-hybridized carbons (Fsp3) is 0.464. The summed E-state index contributed by atoms with van der Waals surface area (Å²) < 4.78 is 5.63. The predicted octanol–water partition coefficient (Wildman–Crippen LogP) is 4.95. The largest absolute Gasteiger partial charge is 0.481 e. The molecule has 0 radical (unpaired) electrons. The number of nitrogens with one attached hydrogen (secondary N) is 2. The molecule has 0 aliphatic heterocycles. The number of hydrogen-bond donors (Lipinski definition) is 3. The maximum Gasteiger partial charge on any atom is 0.407 e. The van der Waals surface area contributed by atoms with Crippen LogP contribution in [0.25, 0.3) is 11.1 Å². The zero-order chi connectivity index (χ0) is 25.5. The summed E-state index contributed by atoms with van der Waals surface area (Å²) in [7, 11) is 0. The lowest BCUT2D eigenvalue weighted by atomic mass is 9.96. The highest BCUT2D eigenvalue weighted by Gasteiger charge is 2.31. The van der Waals surface area contributed by atoms with Gasteiger partial charge in [-0.1, -0.05) is 82.6 Å². The van der Waals surface area contributed by atoms with Crippen molar-refractivity contribution >= 4 is 18.0 Å². The molecule has 3 atom stereocenters. The zero-order valence-electron chi connectivity index (χ0n) is 20.9. The van der Waals surface area contributed by atoms with Gasteiger partial charge in [-0.15, -0.1) is 0 Å². The average Bonchev–Trinajstić information content (AvgIpc) is 3.15. The maximum absolute atomic E-state index is 13.0. The molecule has 0 heterocycles. The van der Waals surface area contributed by atoms with Crippen molar-refractivity contribution in [2.24, 2.45) is 11.8 Å². The van der Waals surface area contributed by atoms with Crippen LogP contribution in [-0.2, 0) is 14.3 Å². The highest BCUT2D eigenvalue weighted by Crippen LogP contribution is 2.44. The van der Waals surface area contributed by atoms with E-state index in [4.69, 9.17) is 4.74 Å².